The molecule has 0 saturated heterocycles. The van der Waals surface area contributed by atoms with Gasteiger partial charge in [-0.3, -0.25) is 9.59 Å². The minimum atomic E-state index is -0.133. The van der Waals surface area contributed by atoms with Gasteiger partial charge in [0.05, 0.1) is 10.9 Å². The van der Waals surface area contributed by atoms with Gasteiger partial charge in [-0.25, -0.2) is 4.98 Å². The van der Waals surface area contributed by atoms with Crippen LogP contribution in [0, 0.1) is 5.92 Å². The average molecular weight is 345 g/mol. The van der Waals surface area contributed by atoms with Gasteiger partial charge in [0.25, 0.3) is 5.56 Å². The normalized spacial score (nSPS) is 11.2. The first-order valence-electron chi connectivity index (χ1n) is 8.88. The zero-order valence-electron chi connectivity index (χ0n) is 15.0. The van der Waals surface area contributed by atoms with E-state index in [2.05, 4.69) is 29.1 Å². The van der Waals surface area contributed by atoms with Gasteiger partial charge >= 0.3 is 0 Å². The predicted molar refractivity (Wildman–Crippen MR) is 98.6 cm³/mol. The number of aryl methyl sites for hydroxylation is 1. The van der Waals surface area contributed by atoms with E-state index >= 15 is 0 Å². The Bertz CT molecular complexity index is 740. The molecule has 1 aromatic heterocycles. The molecule has 6 heteroatoms. The highest BCUT2D eigenvalue weighted by molar-refractivity contribution is 5.77. The molecule has 0 radical (unpaired) electrons. The van der Waals surface area contributed by atoms with Gasteiger partial charge in [-0.15, -0.1) is 0 Å². The number of carbonyl (C=O) groups excluding carboxylic acids is 1. The predicted octanol–water partition coefficient (Wildman–Crippen LogP) is 2.42. The molecule has 0 spiro atoms. The van der Waals surface area contributed by atoms with Crippen LogP contribution in [-0.4, -0.2) is 35.6 Å². The first kappa shape index (κ1) is 19.1. The van der Waals surface area contributed by atoms with Crippen LogP contribution in [0.5, 0.6) is 0 Å². The molecule has 0 atom stereocenters. The van der Waals surface area contributed by atoms with Crippen molar-refractivity contribution in [2.45, 2.75) is 39.5 Å². The molecule has 0 unspecified atom stereocenters. The van der Waals surface area contributed by atoms with E-state index in [0.717, 1.165) is 13.0 Å². The number of aromatic amines is 1. The first-order chi connectivity index (χ1) is 12.1. The molecule has 2 aromatic rings. The molecule has 0 bridgehead atoms. The van der Waals surface area contributed by atoms with Crippen LogP contribution in [0.4, 0.5) is 0 Å². The van der Waals surface area contributed by atoms with E-state index in [9.17, 15) is 9.59 Å². The molecule has 6 nitrogen and oxygen atoms in total. The zero-order chi connectivity index (χ0) is 18.1. The summed E-state index contributed by atoms with van der Waals surface area (Å²) in [6, 6.07) is 7.25. The summed E-state index contributed by atoms with van der Waals surface area (Å²) in [5, 5.41) is 3.47. The molecule has 0 aliphatic carbocycles. The lowest BCUT2D eigenvalue weighted by molar-refractivity contribution is -0.121. The number of H-pyrrole nitrogens is 1. The van der Waals surface area contributed by atoms with Gasteiger partial charge in [0.1, 0.15) is 5.82 Å². The molecule has 25 heavy (non-hydrogen) atoms. The van der Waals surface area contributed by atoms with Crippen LogP contribution in [0.15, 0.2) is 29.1 Å². The van der Waals surface area contributed by atoms with Gasteiger partial charge < -0.3 is 15.0 Å². The summed E-state index contributed by atoms with van der Waals surface area (Å²) in [6.07, 6.45) is 2.46. The number of carbonyl (C=O) groups is 1. The number of benzene rings is 1. The number of fused-ring (bicyclic) bond motifs is 1. The molecule has 1 aromatic carbocycles. The second kappa shape index (κ2) is 9.93. The van der Waals surface area contributed by atoms with Crippen LogP contribution in [0.25, 0.3) is 10.9 Å². The maximum atomic E-state index is 12.0. The fourth-order valence-electron chi connectivity index (χ4n) is 2.48. The summed E-state index contributed by atoms with van der Waals surface area (Å²) in [6.45, 7) is 6.27. The highest BCUT2D eigenvalue weighted by Gasteiger charge is 2.05. The fraction of sp³-hybridized carbons (Fsp3) is 0.526. The van der Waals surface area contributed by atoms with Crippen molar-refractivity contribution in [3.8, 4) is 0 Å². The minimum absolute atomic E-state index is 0.0204. The van der Waals surface area contributed by atoms with Crippen molar-refractivity contribution in [1.82, 2.24) is 15.3 Å². The van der Waals surface area contributed by atoms with E-state index < -0.39 is 0 Å². The lowest BCUT2D eigenvalue weighted by Crippen LogP contribution is -2.25. The smallest absolute Gasteiger partial charge is 0.258 e. The number of nitrogens with one attached hydrogen (secondary N) is 2. The van der Waals surface area contributed by atoms with Crippen LogP contribution in [0.1, 0.15) is 38.9 Å². The summed E-state index contributed by atoms with van der Waals surface area (Å²) in [5.74, 6) is 1.18. The Morgan fingerprint density at radius 1 is 1.28 bits per heavy atom. The number of ether oxygens (including phenoxy) is 1. The van der Waals surface area contributed by atoms with Crippen LogP contribution >= 0.6 is 0 Å². The second-order valence-electron chi connectivity index (χ2n) is 6.56. The number of nitrogens with zero attached hydrogens (tertiary/aromatic N) is 1. The Kier molecular flexibility index (Phi) is 7.60. The number of aromatic nitrogens is 2. The zero-order valence-corrected chi connectivity index (χ0v) is 15.0. The van der Waals surface area contributed by atoms with E-state index in [1.807, 2.05) is 18.2 Å². The molecule has 0 saturated carbocycles. The Morgan fingerprint density at radius 3 is 2.88 bits per heavy atom. The van der Waals surface area contributed by atoms with Crippen LogP contribution in [0.3, 0.4) is 0 Å². The van der Waals surface area contributed by atoms with E-state index in [0.29, 0.717) is 55.1 Å². The monoisotopic (exact) mass is 345 g/mol. The molecule has 1 amide bonds. The van der Waals surface area contributed by atoms with Gasteiger partial charge in [0, 0.05) is 32.6 Å². The Balaban J connectivity index is 1.67. The SMILES string of the molecule is CC(C)COCCCNC(=O)CCCc1nc2ccccc2c(=O)[nH]1. The maximum Gasteiger partial charge on any atom is 0.258 e. The Morgan fingerprint density at radius 2 is 2.08 bits per heavy atom. The van der Waals surface area contributed by atoms with Crippen molar-refractivity contribution in [2.75, 3.05) is 19.8 Å². The molecule has 2 rings (SSSR count). The molecule has 1 heterocycles. The Labute approximate surface area is 148 Å². The third kappa shape index (κ3) is 6.66. The highest BCUT2D eigenvalue weighted by Crippen LogP contribution is 2.07. The van der Waals surface area contributed by atoms with Gasteiger partial charge in [0.15, 0.2) is 0 Å². The molecule has 0 aliphatic rings. The third-order valence-corrected chi connectivity index (χ3v) is 3.72. The number of para-hydroxylation sites is 1. The summed E-state index contributed by atoms with van der Waals surface area (Å²) in [4.78, 5) is 31.0. The summed E-state index contributed by atoms with van der Waals surface area (Å²) < 4.78 is 5.47. The number of rotatable bonds is 10. The molecule has 2 N–H and O–H groups in total. The molecule has 0 aliphatic heterocycles. The van der Waals surface area contributed by atoms with Crippen molar-refractivity contribution in [3.63, 3.8) is 0 Å². The fourth-order valence-corrected chi connectivity index (χ4v) is 2.48. The average Bonchev–Trinajstić information content (AvgIpc) is 2.58. The topological polar surface area (TPSA) is 84.1 Å². The molecular formula is C19H27N3O3. The summed E-state index contributed by atoms with van der Waals surface area (Å²) >= 11 is 0. The van der Waals surface area contributed by atoms with Gasteiger partial charge in [-0.2, -0.15) is 0 Å². The van der Waals surface area contributed by atoms with Crippen molar-refractivity contribution in [3.05, 3.63) is 40.4 Å². The van der Waals surface area contributed by atoms with Gasteiger partial charge in [-0.1, -0.05) is 26.0 Å². The van der Waals surface area contributed by atoms with E-state index in [1.165, 1.54) is 0 Å². The highest BCUT2D eigenvalue weighted by atomic mass is 16.5. The third-order valence-electron chi connectivity index (χ3n) is 3.72. The van der Waals surface area contributed by atoms with E-state index in [-0.39, 0.29) is 11.5 Å². The summed E-state index contributed by atoms with van der Waals surface area (Å²) in [5.41, 5.74) is 0.554. The van der Waals surface area contributed by atoms with Crippen molar-refractivity contribution >= 4 is 16.8 Å². The first-order valence-corrected chi connectivity index (χ1v) is 8.88. The minimum Gasteiger partial charge on any atom is -0.381 e. The second-order valence-corrected chi connectivity index (χ2v) is 6.56. The molecule has 136 valence electrons. The summed E-state index contributed by atoms with van der Waals surface area (Å²) in [7, 11) is 0. The van der Waals surface area contributed by atoms with Gasteiger partial charge in [0.2, 0.25) is 5.91 Å². The standard InChI is InChI=1S/C19H27N3O3/c1-14(2)13-25-12-6-11-20-18(23)10-5-9-17-21-16-8-4-3-7-15(16)19(24)22-17/h3-4,7-8,14H,5-6,9-13H2,1-2H3,(H,20,23)(H,21,22,24). The van der Waals surface area contributed by atoms with Crippen molar-refractivity contribution in [2.24, 2.45) is 5.92 Å². The molecular weight excluding hydrogens is 318 g/mol. The van der Waals surface area contributed by atoms with Crippen molar-refractivity contribution in [1.29, 1.82) is 0 Å². The Hall–Kier alpha value is -2.21. The van der Waals surface area contributed by atoms with Crippen LogP contribution in [0.2, 0.25) is 0 Å². The quantitative estimate of drug-likeness (QED) is 0.648. The maximum absolute atomic E-state index is 12.0. The lowest BCUT2D eigenvalue weighted by Gasteiger charge is -2.08. The van der Waals surface area contributed by atoms with E-state index in [1.54, 1.807) is 6.07 Å². The number of hydrogen-bond acceptors (Lipinski definition) is 4. The lowest BCUT2D eigenvalue weighted by atomic mass is 10.2. The van der Waals surface area contributed by atoms with E-state index in [4.69, 9.17) is 4.74 Å². The number of hydrogen-bond donors (Lipinski definition) is 2. The van der Waals surface area contributed by atoms with Crippen molar-refractivity contribution < 1.29 is 9.53 Å². The van der Waals surface area contributed by atoms with Gasteiger partial charge in [-0.05, 0) is 30.9 Å². The van der Waals surface area contributed by atoms with Crippen LogP contribution in [-0.2, 0) is 16.0 Å². The number of amides is 1. The largest absolute Gasteiger partial charge is 0.381 e. The molecule has 0 fully saturated rings. The van der Waals surface area contributed by atoms with Crippen LogP contribution < -0.4 is 10.9 Å².